The molecule has 1 rings (SSSR count). The molecule has 4 nitrogen and oxygen atoms in total. The van der Waals surface area contributed by atoms with E-state index in [4.69, 9.17) is 5.84 Å². The molecule has 0 radical (unpaired) electrons. The Morgan fingerprint density at radius 3 is 3.07 bits per heavy atom. The number of nitrogens with one attached hydrogen (secondary N) is 1. The summed E-state index contributed by atoms with van der Waals surface area (Å²) in [5.41, 5.74) is 3.98. The van der Waals surface area contributed by atoms with Gasteiger partial charge in [0.1, 0.15) is 0 Å². The van der Waals surface area contributed by atoms with E-state index in [0.29, 0.717) is 0 Å². The van der Waals surface area contributed by atoms with Crippen LogP contribution < -0.4 is 11.3 Å². The highest BCUT2D eigenvalue weighted by atomic mass is 15.3. The maximum Gasteiger partial charge on any atom is 0.0522 e. The first-order valence-electron chi connectivity index (χ1n) is 4.88. The van der Waals surface area contributed by atoms with Crippen molar-refractivity contribution < 1.29 is 0 Å². The molecule has 0 bridgehead atoms. The number of aromatic nitrogens is 2. The van der Waals surface area contributed by atoms with Crippen molar-refractivity contribution in [3.63, 3.8) is 0 Å². The van der Waals surface area contributed by atoms with Gasteiger partial charge in [0.2, 0.25) is 0 Å². The SMILES string of the molecule is C=CCC(Cc1cnn(CC)c1)NN. The number of hydrogen-bond acceptors (Lipinski definition) is 3. The van der Waals surface area contributed by atoms with E-state index in [1.165, 1.54) is 5.56 Å². The Kier molecular flexibility index (Phi) is 4.35. The van der Waals surface area contributed by atoms with Crippen LogP contribution in [-0.2, 0) is 13.0 Å². The summed E-state index contributed by atoms with van der Waals surface area (Å²) in [7, 11) is 0. The lowest BCUT2D eigenvalue weighted by atomic mass is 10.1. The van der Waals surface area contributed by atoms with Crippen molar-refractivity contribution in [3.05, 3.63) is 30.6 Å². The average Bonchev–Trinajstić information content (AvgIpc) is 2.65. The van der Waals surface area contributed by atoms with Crippen molar-refractivity contribution in [1.82, 2.24) is 15.2 Å². The Balaban J connectivity index is 2.52. The topological polar surface area (TPSA) is 55.9 Å². The summed E-state index contributed by atoms with van der Waals surface area (Å²) < 4.78 is 1.91. The van der Waals surface area contributed by atoms with E-state index in [1.54, 1.807) is 0 Å². The second-order valence-electron chi connectivity index (χ2n) is 3.30. The minimum absolute atomic E-state index is 0.252. The Morgan fingerprint density at radius 2 is 2.57 bits per heavy atom. The monoisotopic (exact) mass is 194 g/mol. The molecule has 0 aromatic carbocycles. The van der Waals surface area contributed by atoms with Crippen LogP contribution in [0.15, 0.2) is 25.0 Å². The summed E-state index contributed by atoms with van der Waals surface area (Å²) in [4.78, 5) is 0. The number of hydrazine groups is 1. The van der Waals surface area contributed by atoms with Gasteiger partial charge in [-0.2, -0.15) is 5.10 Å². The van der Waals surface area contributed by atoms with Crippen LogP contribution in [0.25, 0.3) is 0 Å². The van der Waals surface area contributed by atoms with Gasteiger partial charge >= 0.3 is 0 Å². The average molecular weight is 194 g/mol. The van der Waals surface area contributed by atoms with Gasteiger partial charge in [-0.05, 0) is 25.3 Å². The van der Waals surface area contributed by atoms with Gasteiger partial charge in [0.15, 0.2) is 0 Å². The van der Waals surface area contributed by atoms with E-state index in [2.05, 4.69) is 24.0 Å². The van der Waals surface area contributed by atoms with Gasteiger partial charge in [0.05, 0.1) is 6.20 Å². The van der Waals surface area contributed by atoms with Crippen molar-refractivity contribution in [2.24, 2.45) is 5.84 Å². The quantitative estimate of drug-likeness (QED) is 0.401. The molecule has 0 aliphatic heterocycles. The molecule has 0 fully saturated rings. The fourth-order valence-electron chi connectivity index (χ4n) is 1.38. The van der Waals surface area contributed by atoms with Crippen LogP contribution in [0.1, 0.15) is 18.9 Å². The second kappa shape index (κ2) is 5.57. The van der Waals surface area contributed by atoms with E-state index in [-0.39, 0.29) is 6.04 Å². The van der Waals surface area contributed by atoms with Crippen LogP contribution in [0, 0.1) is 0 Å². The molecule has 78 valence electrons. The Labute approximate surface area is 84.8 Å². The molecule has 0 aliphatic rings. The van der Waals surface area contributed by atoms with E-state index in [9.17, 15) is 0 Å². The molecule has 1 unspecified atom stereocenters. The maximum absolute atomic E-state index is 5.42. The fraction of sp³-hybridized carbons (Fsp3) is 0.500. The summed E-state index contributed by atoms with van der Waals surface area (Å²) in [5, 5.41) is 4.20. The Morgan fingerprint density at radius 1 is 1.79 bits per heavy atom. The molecular weight excluding hydrogens is 176 g/mol. The Hall–Kier alpha value is -1.13. The first-order chi connectivity index (χ1) is 6.80. The smallest absolute Gasteiger partial charge is 0.0522 e. The lowest BCUT2D eigenvalue weighted by Crippen LogP contribution is -2.36. The third-order valence-corrected chi connectivity index (χ3v) is 2.18. The van der Waals surface area contributed by atoms with Crippen LogP contribution >= 0.6 is 0 Å². The molecule has 1 heterocycles. The number of hydrogen-bond donors (Lipinski definition) is 2. The van der Waals surface area contributed by atoms with Gasteiger partial charge < -0.3 is 0 Å². The summed E-state index contributed by atoms with van der Waals surface area (Å²) in [5.74, 6) is 5.42. The summed E-state index contributed by atoms with van der Waals surface area (Å²) in [6.45, 7) is 6.67. The summed E-state index contributed by atoms with van der Waals surface area (Å²) >= 11 is 0. The third kappa shape index (κ3) is 2.97. The Bertz CT molecular complexity index is 279. The molecule has 1 aromatic heterocycles. The van der Waals surface area contributed by atoms with Gasteiger partial charge in [-0.15, -0.1) is 6.58 Å². The zero-order valence-corrected chi connectivity index (χ0v) is 8.61. The third-order valence-electron chi connectivity index (χ3n) is 2.18. The molecule has 0 saturated heterocycles. The molecule has 1 aromatic rings. The van der Waals surface area contributed by atoms with Gasteiger partial charge in [-0.25, -0.2) is 0 Å². The maximum atomic E-state index is 5.42. The normalized spacial score (nSPS) is 12.7. The molecule has 0 aliphatic carbocycles. The van der Waals surface area contributed by atoms with Crippen molar-refractivity contribution in [2.45, 2.75) is 32.4 Å². The van der Waals surface area contributed by atoms with Crippen molar-refractivity contribution >= 4 is 0 Å². The van der Waals surface area contributed by atoms with Crippen LogP contribution in [0.5, 0.6) is 0 Å². The highest BCUT2D eigenvalue weighted by molar-refractivity contribution is 5.06. The number of nitrogens with zero attached hydrogens (tertiary/aromatic N) is 2. The van der Waals surface area contributed by atoms with Gasteiger partial charge in [-0.3, -0.25) is 16.0 Å². The number of nitrogens with two attached hydrogens (primary N) is 1. The highest BCUT2D eigenvalue weighted by Crippen LogP contribution is 2.04. The minimum Gasteiger partial charge on any atom is -0.273 e. The standard InChI is InChI=1S/C10H18N4/c1-3-5-10(13-11)6-9-7-12-14(4-2)8-9/h3,7-8,10,13H,1,4-6,11H2,2H3. The molecule has 14 heavy (non-hydrogen) atoms. The van der Waals surface area contributed by atoms with Gasteiger partial charge in [0.25, 0.3) is 0 Å². The van der Waals surface area contributed by atoms with Crippen molar-refractivity contribution in [2.75, 3.05) is 0 Å². The van der Waals surface area contributed by atoms with Gasteiger partial charge in [0, 0.05) is 18.8 Å². The molecule has 0 saturated carbocycles. The van der Waals surface area contributed by atoms with E-state index in [1.807, 2.05) is 23.2 Å². The number of aryl methyl sites for hydroxylation is 1. The van der Waals surface area contributed by atoms with Crippen LogP contribution in [0.2, 0.25) is 0 Å². The molecule has 1 atom stereocenters. The fourth-order valence-corrected chi connectivity index (χ4v) is 1.38. The molecule has 4 heteroatoms. The van der Waals surface area contributed by atoms with E-state index in [0.717, 1.165) is 19.4 Å². The second-order valence-corrected chi connectivity index (χ2v) is 3.30. The van der Waals surface area contributed by atoms with Crippen LogP contribution in [0.4, 0.5) is 0 Å². The number of rotatable bonds is 6. The molecule has 0 spiro atoms. The molecule has 3 N–H and O–H groups in total. The minimum atomic E-state index is 0.252. The highest BCUT2D eigenvalue weighted by Gasteiger charge is 2.06. The molecular formula is C10H18N4. The summed E-state index contributed by atoms with van der Waals surface area (Å²) in [6, 6.07) is 0.252. The van der Waals surface area contributed by atoms with Crippen LogP contribution in [-0.4, -0.2) is 15.8 Å². The zero-order valence-electron chi connectivity index (χ0n) is 8.61. The predicted octanol–water partition coefficient (Wildman–Crippen LogP) is 0.854. The predicted molar refractivity (Wildman–Crippen MR) is 57.5 cm³/mol. The van der Waals surface area contributed by atoms with Crippen molar-refractivity contribution in [3.8, 4) is 0 Å². The lowest BCUT2D eigenvalue weighted by Gasteiger charge is -2.11. The largest absolute Gasteiger partial charge is 0.273 e. The lowest BCUT2D eigenvalue weighted by molar-refractivity contribution is 0.530. The summed E-state index contributed by atoms with van der Waals surface area (Å²) in [6.07, 6.45) is 7.56. The van der Waals surface area contributed by atoms with Crippen molar-refractivity contribution in [1.29, 1.82) is 0 Å². The van der Waals surface area contributed by atoms with Crippen LogP contribution in [0.3, 0.4) is 0 Å². The van der Waals surface area contributed by atoms with E-state index >= 15 is 0 Å². The zero-order chi connectivity index (χ0) is 10.4. The molecule has 0 amide bonds. The first kappa shape index (κ1) is 10.9. The first-order valence-corrected chi connectivity index (χ1v) is 4.88. The van der Waals surface area contributed by atoms with Gasteiger partial charge in [-0.1, -0.05) is 6.08 Å². The van der Waals surface area contributed by atoms with E-state index < -0.39 is 0 Å².